The Labute approximate surface area is 196 Å². The largest absolute Gasteiger partial charge is 0.496 e. The molecule has 2 heterocycles. The summed E-state index contributed by atoms with van der Waals surface area (Å²) < 4.78 is 5.47. The van der Waals surface area contributed by atoms with Crippen molar-refractivity contribution >= 4 is 35.8 Å². The SMILES string of the molecule is CN=C(NCc1ccc(N2CCN(C)CC2)nc1)NCc1ccc(C)cc1OC.I. The number of guanidine groups is 1. The highest BCUT2D eigenvalue weighted by molar-refractivity contribution is 14.0. The molecule has 0 unspecified atom stereocenters. The number of hydrogen-bond donors (Lipinski definition) is 2. The molecule has 0 aliphatic carbocycles. The summed E-state index contributed by atoms with van der Waals surface area (Å²) in [5.74, 6) is 2.68. The molecule has 1 aromatic heterocycles. The molecule has 30 heavy (non-hydrogen) atoms. The van der Waals surface area contributed by atoms with E-state index >= 15 is 0 Å². The third-order valence-corrected chi connectivity index (χ3v) is 5.21. The molecule has 164 valence electrons. The summed E-state index contributed by atoms with van der Waals surface area (Å²) in [6, 6.07) is 10.4. The lowest BCUT2D eigenvalue weighted by molar-refractivity contribution is 0.312. The number of anilines is 1. The third kappa shape index (κ3) is 6.73. The second-order valence-corrected chi connectivity index (χ2v) is 7.41. The predicted molar refractivity (Wildman–Crippen MR) is 134 cm³/mol. The Kier molecular flexibility index (Phi) is 9.64. The van der Waals surface area contributed by atoms with Crippen molar-refractivity contribution in [3.63, 3.8) is 0 Å². The summed E-state index contributed by atoms with van der Waals surface area (Å²) in [5.41, 5.74) is 3.40. The van der Waals surface area contributed by atoms with Gasteiger partial charge in [0, 0.05) is 58.1 Å². The van der Waals surface area contributed by atoms with Gasteiger partial charge in [-0.2, -0.15) is 0 Å². The first-order chi connectivity index (χ1) is 14.1. The summed E-state index contributed by atoms with van der Waals surface area (Å²) >= 11 is 0. The van der Waals surface area contributed by atoms with Crippen molar-refractivity contribution in [1.29, 1.82) is 0 Å². The summed E-state index contributed by atoms with van der Waals surface area (Å²) in [6.45, 7) is 7.59. The van der Waals surface area contributed by atoms with Crippen LogP contribution in [0.3, 0.4) is 0 Å². The van der Waals surface area contributed by atoms with E-state index in [4.69, 9.17) is 4.74 Å². The van der Waals surface area contributed by atoms with Gasteiger partial charge in [0.2, 0.25) is 0 Å². The van der Waals surface area contributed by atoms with Crippen LogP contribution in [0.2, 0.25) is 0 Å². The van der Waals surface area contributed by atoms with Crippen LogP contribution in [0.4, 0.5) is 5.82 Å². The fraction of sp³-hybridized carbons (Fsp3) is 0.455. The highest BCUT2D eigenvalue weighted by Crippen LogP contribution is 2.19. The number of pyridine rings is 1. The van der Waals surface area contributed by atoms with Gasteiger partial charge in [-0.15, -0.1) is 24.0 Å². The van der Waals surface area contributed by atoms with Gasteiger partial charge in [-0.3, -0.25) is 4.99 Å². The topological polar surface area (TPSA) is 65.0 Å². The first kappa shape index (κ1) is 24.2. The number of ether oxygens (including phenoxy) is 1. The standard InChI is InChI=1S/C22H32N6O.HI/c1-17-5-7-19(20(13-17)29-4)16-26-22(23-2)25-15-18-6-8-21(24-14-18)28-11-9-27(3)10-12-28;/h5-8,13-14H,9-12,15-16H2,1-4H3,(H2,23,25,26);1H. The van der Waals surface area contributed by atoms with Crippen molar-refractivity contribution in [2.45, 2.75) is 20.0 Å². The molecule has 1 aliphatic rings. The van der Waals surface area contributed by atoms with Crippen LogP contribution in [0.25, 0.3) is 0 Å². The van der Waals surface area contributed by atoms with E-state index in [1.807, 2.05) is 12.3 Å². The average molecular weight is 524 g/mol. The molecule has 1 aromatic carbocycles. The van der Waals surface area contributed by atoms with Gasteiger partial charge in [-0.05, 0) is 37.2 Å². The zero-order valence-electron chi connectivity index (χ0n) is 18.3. The molecule has 7 nitrogen and oxygen atoms in total. The number of aryl methyl sites for hydroxylation is 1. The van der Waals surface area contributed by atoms with Crippen LogP contribution >= 0.6 is 24.0 Å². The minimum absolute atomic E-state index is 0. The molecule has 0 amide bonds. The van der Waals surface area contributed by atoms with Crippen molar-refractivity contribution in [3.8, 4) is 5.75 Å². The molecule has 1 saturated heterocycles. The zero-order chi connectivity index (χ0) is 20.6. The van der Waals surface area contributed by atoms with Gasteiger partial charge in [0.25, 0.3) is 0 Å². The van der Waals surface area contributed by atoms with E-state index in [0.29, 0.717) is 13.1 Å². The molecule has 0 spiro atoms. The number of piperazine rings is 1. The second-order valence-electron chi connectivity index (χ2n) is 7.41. The monoisotopic (exact) mass is 524 g/mol. The second kappa shape index (κ2) is 11.9. The van der Waals surface area contributed by atoms with E-state index in [9.17, 15) is 0 Å². The minimum Gasteiger partial charge on any atom is -0.496 e. The van der Waals surface area contributed by atoms with Crippen molar-refractivity contribution in [1.82, 2.24) is 20.5 Å². The highest BCUT2D eigenvalue weighted by Gasteiger charge is 2.15. The quantitative estimate of drug-likeness (QED) is 0.344. The Morgan fingerprint density at radius 2 is 1.83 bits per heavy atom. The maximum Gasteiger partial charge on any atom is 0.191 e. The molecule has 2 N–H and O–H groups in total. The lowest BCUT2D eigenvalue weighted by atomic mass is 10.1. The molecule has 0 bridgehead atoms. The van der Waals surface area contributed by atoms with Crippen LogP contribution < -0.4 is 20.3 Å². The smallest absolute Gasteiger partial charge is 0.191 e. The summed E-state index contributed by atoms with van der Waals surface area (Å²) in [5, 5.41) is 6.69. The molecular weight excluding hydrogens is 491 g/mol. The van der Waals surface area contributed by atoms with Gasteiger partial charge < -0.3 is 25.2 Å². The maximum atomic E-state index is 5.47. The third-order valence-electron chi connectivity index (χ3n) is 5.21. The van der Waals surface area contributed by atoms with Gasteiger partial charge >= 0.3 is 0 Å². The van der Waals surface area contributed by atoms with Gasteiger partial charge in [0.15, 0.2) is 5.96 Å². The Balaban J connectivity index is 0.00000320. The molecule has 0 atom stereocenters. The summed E-state index contributed by atoms with van der Waals surface area (Å²) in [6.07, 6.45) is 1.94. The molecule has 8 heteroatoms. The van der Waals surface area contributed by atoms with E-state index in [1.165, 1.54) is 5.56 Å². The Morgan fingerprint density at radius 1 is 1.10 bits per heavy atom. The van der Waals surface area contributed by atoms with Gasteiger partial charge in [0.05, 0.1) is 7.11 Å². The summed E-state index contributed by atoms with van der Waals surface area (Å²) in [4.78, 5) is 13.6. The van der Waals surface area contributed by atoms with E-state index < -0.39 is 0 Å². The molecular formula is C22H33IN6O. The minimum atomic E-state index is 0. The van der Waals surface area contributed by atoms with E-state index in [0.717, 1.165) is 54.8 Å². The fourth-order valence-corrected chi connectivity index (χ4v) is 3.33. The highest BCUT2D eigenvalue weighted by atomic mass is 127. The predicted octanol–water partition coefficient (Wildman–Crippen LogP) is 2.63. The van der Waals surface area contributed by atoms with Crippen molar-refractivity contribution in [2.24, 2.45) is 4.99 Å². The fourth-order valence-electron chi connectivity index (χ4n) is 3.33. The first-order valence-corrected chi connectivity index (χ1v) is 10.1. The molecule has 1 aliphatic heterocycles. The lowest BCUT2D eigenvalue weighted by Gasteiger charge is -2.33. The number of aliphatic imine (C=N–C) groups is 1. The first-order valence-electron chi connectivity index (χ1n) is 10.1. The number of rotatable bonds is 6. The molecule has 0 radical (unpaired) electrons. The Hall–Kier alpha value is -2.07. The van der Waals surface area contributed by atoms with Crippen LogP contribution in [0.15, 0.2) is 41.5 Å². The van der Waals surface area contributed by atoms with E-state index in [1.54, 1.807) is 14.2 Å². The zero-order valence-corrected chi connectivity index (χ0v) is 20.6. The van der Waals surface area contributed by atoms with Crippen LogP contribution in [0.1, 0.15) is 16.7 Å². The number of benzene rings is 1. The number of likely N-dealkylation sites (N-methyl/N-ethyl adjacent to an activating group) is 1. The van der Waals surface area contributed by atoms with Gasteiger partial charge in [-0.25, -0.2) is 4.98 Å². The Morgan fingerprint density at radius 3 is 2.47 bits per heavy atom. The maximum absolute atomic E-state index is 5.47. The number of aromatic nitrogens is 1. The molecule has 0 saturated carbocycles. The van der Waals surface area contributed by atoms with Crippen molar-refractivity contribution < 1.29 is 4.74 Å². The van der Waals surface area contributed by atoms with Crippen LogP contribution in [-0.4, -0.2) is 63.2 Å². The lowest BCUT2D eigenvalue weighted by Crippen LogP contribution is -2.44. The van der Waals surface area contributed by atoms with Gasteiger partial charge in [0.1, 0.15) is 11.6 Å². The molecule has 3 rings (SSSR count). The number of methoxy groups -OCH3 is 1. The number of hydrogen-bond acceptors (Lipinski definition) is 5. The normalized spacial score (nSPS) is 14.8. The Bertz CT molecular complexity index is 819. The molecule has 2 aromatic rings. The number of nitrogens with one attached hydrogen (secondary N) is 2. The molecule has 1 fully saturated rings. The number of nitrogens with zero attached hydrogens (tertiary/aromatic N) is 4. The van der Waals surface area contributed by atoms with Crippen molar-refractivity contribution in [3.05, 3.63) is 53.2 Å². The average Bonchev–Trinajstić information content (AvgIpc) is 2.75. The van der Waals surface area contributed by atoms with Crippen LogP contribution in [-0.2, 0) is 13.1 Å². The van der Waals surface area contributed by atoms with Crippen LogP contribution in [0.5, 0.6) is 5.75 Å². The van der Waals surface area contributed by atoms with Gasteiger partial charge in [-0.1, -0.05) is 18.2 Å². The summed E-state index contributed by atoms with van der Waals surface area (Å²) in [7, 11) is 5.63. The van der Waals surface area contributed by atoms with Crippen LogP contribution in [0, 0.1) is 6.92 Å². The van der Waals surface area contributed by atoms with Crippen molar-refractivity contribution in [2.75, 3.05) is 52.3 Å². The van der Waals surface area contributed by atoms with E-state index in [2.05, 4.69) is 68.6 Å². The number of halogens is 1. The van der Waals surface area contributed by atoms with E-state index in [-0.39, 0.29) is 24.0 Å².